The van der Waals surface area contributed by atoms with Gasteiger partial charge in [-0.1, -0.05) is 329 Å². The molecule has 1 aliphatic rings. The lowest BCUT2D eigenvalue weighted by Crippen LogP contribution is -2.60. The maximum Gasteiger partial charge on any atom is 0.220 e. The number of nitrogens with one attached hydrogen (secondary N) is 1. The van der Waals surface area contributed by atoms with Crippen molar-refractivity contribution >= 4 is 5.91 Å². The van der Waals surface area contributed by atoms with Gasteiger partial charge in [0.1, 0.15) is 24.4 Å². The summed E-state index contributed by atoms with van der Waals surface area (Å²) in [7, 11) is 0. The van der Waals surface area contributed by atoms with Crippen LogP contribution in [-0.2, 0) is 14.3 Å². The number of aliphatic hydroxyl groups is 5. The van der Waals surface area contributed by atoms with Gasteiger partial charge in [0, 0.05) is 6.42 Å². The SMILES string of the molecule is CC/C=C\C/C=C\C/C=C\C/C=C\C/C=C\C/C=C\C/C=C\CCCCCCCCCCCCCCCC(=O)NC(COC1OC(CO)C(O)C(O)C1O)C(O)/C=C/CC/C=C/CCCCCCCCCCCCCCCCCCCCCCCC. The van der Waals surface area contributed by atoms with Crippen LogP contribution in [0.25, 0.3) is 0 Å². The Hall–Kier alpha value is -3.15. The first kappa shape index (κ1) is 80.9. The van der Waals surface area contributed by atoms with E-state index >= 15 is 0 Å². The van der Waals surface area contributed by atoms with E-state index in [2.05, 4.69) is 116 Å². The minimum atomic E-state index is -1.58. The summed E-state index contributed by atoms with van der Waals surface area (Å²) in [5, 5.41) is 54.8. The molecule has 0 aromatic carbocycles. The Morgan fingerprint density at radius 3 is 1.12 bits per heavy atom. The summed E-state index contributed by atoms with van der Waals surface area (Å²) in [6.07, 6.45) is 89.1. The largest absolute Gasteiger partial charge is 0.394 e. The van der Waals surface area contributed by atoms with E-state index in [9.17, 15) is 30.3 Å². The molecular weight excluding hydrogens is 1070 g/mol. The average molecular weight is 1200 g/mol. The Morgan fingerprint density at radius 2 is 0.733 bits per heavy atom. The molecule has 1 heterocycles. The van der Waals surface area contributed by atoms with Gasteiger partial charge in [0.2, 0.25) is 5.91 Å². The zero-order chi connectivity index (χ0) is 62.1. The molecule has 6 N–H and O–H groups in total. The average Bonchev–Trinajstić information content (AvgIpc) is 3.65. The summed E-state index contributed by atoms with van der Waals surface area (Å²) in [6, 6.07) is -0.831. The number of ether oxygens (including phenoxy) is 2. The summed E-state index contributed by atoms with van der Waals surface area (Å²) in [5.41, 5.74) is 0. The van der Waals surface area contributed by atoms with Crippen molar-refractivity contribution in [3.8, 4) is 0 Å². The summed E-state index contributed by atoms with van der Waals surface area (Å²) in [6.45, 7) is 3.68. The lowest BCUT2D eigenvalue weighted by molar-refractivity contribution is -0.302. The van der Waals surface area contributed by atoms with Crippen LogP contribution < -0.4 is 5.32 Å². The Balaban J connectivity index is 2.15. The first-order valence-corrected chi connectivity index (χ1v) is 36.1. The zero-order valence-corrected chi connectivity index (χ0v) is 55.5. The van der Waals surface area contributed by atoms with Crippen LogP contribution in [-0.4, -0.2) is 87.5 Å². The van der Waals surface area contributed by atoms with Gasteiger partial charge in [-0.15, -0.1) is 0 Å². The molecular formula is C77H135NO8. The van der Waals surface area contributed by atoms with Crippen molar-refractivity contribution in [1.82, 2.24) is 5.32 Å². The number of hydrogen-bond acceptors (Lipinski definition) is 8. The van der Waals surface area contributed by atoms with Crippen molar-refractivity contribution in [2.75, 3.05) is 13.2 Å². The monoisotopic (exact) mass is 1200 g/mol. The molecule has 0 saturated carbocycles. The maximum absolute atomic E-state index is 13.1. The van der Waals surface area contributed by atoms with Crippen LogP contribution in [0.1, 0.15) is 316 Å². The second-order valence-corrected chi connectivity index (χ2v) is 24.6. The number of rotatable bonds is 62. The van der Waals surface area contributed by atoms with E-state index in [-0.39, 0.29) is 12.5 Å². The lowest BCUT2D eigenvalue weighted by Gasteiger charge is -2.40. The Labute approximate surface area is 529 Å². The molecule has 0 aromatic rings. The maximum atomic E-state index is 13.1. The number of carbonyl (C=O) groups is 1. The molecule has 1 saturated heterocycles. The normalized spacial score (nSPS) is 18.7. The number of hydrogen-bond donors (Lipinski definition) is 6. The molecule has 9 nitrogen and oxygen atoms in total. The molecule has 7 atom stereocenters. The minimum Gasteiger partial charge on any atom is -0.394 e. The Morgan fingerprint density at radius 1 is 0.407 bits per heavy atom. The van der Waals surface area contributed by atoms with Gasteiger partial charge in [0.05, 0.1) is 25.4 Å². The molecule has 86 heavy (non-hydrogen) atoms. The van der Waals surface area contributed by atoms with Crippen molar-refractivity contribution in [2.45, 2.75) is 358 Å². The number of allylic oxidation sites excluding steroid dienone is 17. The second kappa shape index (κ2) is 64.8. The number of carbonyl (C=O) groups excluding carboxylic acids is 1. The summed E-state index contributed by atoms with van der Waals surface area (Å²) in [4.78, 5) is 13.1. The first-order valence-electron chi connectivity index (χ1n) is 36.1. The summed E-state index contributed by atoms with van der Waals surface area (Å²) < 4.78 is 11.3. The first-order chi connectivity index (χ1) is 42.3. The molecule has 7 unspecified atom stereocenters. The van der Waals surface area contributed by atoms with Crippen molar-refractivity contribution in [1.29, 1.82) is 0 Å². The summed E-state index contributed by atoms with van der Waals surface area (Å²) >= 11 is 0. The van der Waals surface area contributed by atoms with Crippen LogP contribution in [0, 0.1) is 0 Å². The van der Waals surface area contributed by atoms with E-state index < -0.39 is 49.5 Å². The van der Waals surface area contributed by atoms with Gasteiger partial charge in [0.15, 0.2) is 6.29 Å². The topological polar surface area (TPSA) is 149 Å². The van der Waals surface area contributed by atoms with Crippen LogP contribution in [0.4, 0.5) is 0 Å². The lowest BCUT2D eigenvalue weighted by atomic mass is 9.99. The van der Waals surface area contributed by atoms with Gasteiger partial charge in [-0.3, -0.25) is 4.79 Å². The predicted octanol–water partition coefficient (Wildman–Crippen LogP) is 20.0. The van der Waals surface area contributed by atoms with E-state index in [0.717, 1.165) is 83.5 Å². The molecule has 1 fully saturated rings. The van der Waals surface area contributed by atoms with E-state index in [1.807, 2.05) is 6.08 Å². The number of amides is 1. The van der Waals surface area contributed by atoms with Crippen molar-refractivity contribution in [2.24, 2.45) is 0 Å². The number of unbranched alkanes of at least 4 members (excludes halogenated alkanes) is 36. The molecule has 1 amide bonds. The van der Waals surface area contributed by atoms with Crippen LogP contribution in [0.5, 0.6) is 0 Å². The Bertz CT molecular complexity index is 1730. The van der Waals surface area contributed by atoms with Gasteiger partial charge in [-0.25, -0.2) is 0 Å². The molecule has 0 bridgehead atoms. The van der Waals surface area contributed by atoms with E-state index in [4.69, 9.17) is 9.47 Å². The smallest absolute Gasteiger partial charge is 0.220 e. The van der Waals surface area contributed by atoms with Gasteiger partial charge in [-0.05, 0) is 89.9 Å². The van der Waals surface area contributed by atoms with Gasteiger partial charge < -0.3 is 40.3 Å². The molecule has 1 aliphatic heterocycles. The third kappa shape index (κ3) is 52.8. The van der Waals surface area contributed by atoms with Crippen molar-refractivity contribution in [3.05, 3.63) is 109 Å². The highest BCUT2D eigenvalue weighted by Crippen LogP contribution is 2.23. The quantitative estimate of drug-likeness (QED) is 0.0261. The van der Waals surface area contributed by atoms with E-state index in [0.29, 0.717) is 6.42 Å². The minimum absolute atomic E-state index is 0.188. The fourth-order valence-electron chi connectivity index (χ4n) is 11.0. The second-order valence-electron chi connectivity index (χ2n) is 24.6. The highest BCUT2D eigenvalue weighted by Gasteiger charge is 2.44. The Kier molecular flexibility index (Phi) is 61.0. The molecule has 0 aromatic heterocycles. The van der Waals surface area contributed by atoms with E-state index in [1.54, 1.807) is 6.08 Å². The highest BCUT2D eigenvalue weighted by molar-refractivity contribution is 5.76. The van der Waals surface area contributed by atoms with E-state index in [1.165, 1.54) is 212 Å². The van der Waals surface area contributed by atoms with Gasteiger partial charge >= 0.3 is 0 Å². The van der Waals surface area contributed by atoms with Crippen molar-refractivity contribution in [3.63, 3.8) is 0 Å². The molecule has 1 rings (SSSR count). The standard InChI is InChI=1S/C77H135NO8/c1-3-5-7-9-11-13-15-17-19-21-23-25-27-29-31-33-34-35-36-37-38-39-41-43-45-47-49-51-53-55-57-59-61-63-65-67-73(81)78-70(69-85-77-76(84)75(83)74(82)72(68-79)86-77)71(80)66-64-62-60-58-56-54-52-50-48-46-44-42-40-32-30-28-26-24-22-20-18-16-14-12-10-8-6-4-2/h5,7,11,13,17,19,23,25,29,31,34-35,37-38,56,58,64,66,70-72,74-77,79-80,82-84H,3-4,6,8-10,12,14-16,18,20-22,24,26-28,30,32-33,36,39-55,57,59-63,65,67-69H2,1-2H3,(H,78,81)/b7-5-,13-11-,19-17-,25-23-,31-29-,35-34-,38-37-,58-56+,66-64+. The number of aliphatic hydroxyl groups excluding tert-OH is 5. The predicted molar refractivity (Wildman–Crippen MR) is 368 cm³/mol. The molecule has 9 heteroatoms. The third-order valence-corrected chi connectivity index (χ3v) is 16.6. The van der Waals surface area contributed by atoms with Crippen LogP contribution in [0.15, 0.2) is 109 Å². The van der Waals surface area contributed by atoms with Crippen molar-refractivity contribution < 1.29 is 39.8 Å². The van der Waals surface area contributed by atoms with Gasteiger partial charge in [0.25, 0.3) is 0 Å². The fourth-order valence-corrected chi connectivity index (χ4v) is 11.0. The van der Waals surface area contributed by atoms with Gasteiger partial charge in [-0.2, -0.15) is 0 Å². The van der Waals surface area contributed by atoms with Crippen LogP contribution in [0.3, 0.4) is 0 Å². The molecule has 496 valence electrons. The fraction of sp³-hybridized carbons (Fsp3) is 0.753. The van der Waals surface area contributed by atoms with Crippen LogP contribution >= 0.6 is 0 Å². The third-order valence-electron chi connectivity index (χ3n) is 16.6. The molecule has 0 spiro atoms. The zero-order valence-electron chi connectivity index (χ0n) is 55.5. The molecule has 0 radical (unpaired) electrons. The molecule has 0 aliphatic carbocycles. The highest BCUT2D eigenvalue weighted by atomic mass is 16.7. The van der Waals surface area contributed by atoms with Crippen LogP contribution in [0.2, 0.25) is 0 Å². The summed E-state index contributed by atoms with van der Waals surface area (Å²) in [5.74, 6) is -0.188.